The lowest BCUT2D eigenvalue weighted by Gasteiger charge is -2.07. The summed E-state index contributed by atoms with van der Waals surface area (Å²) in [6, 6.07) is 7.37. The van der Waals surface area contributed by atoms with E-state index in [-0.39, 0.29) is 11.2 Å². The van der Waals surface area contributed by atoms with Gasteiger partial charge >= 0.3 is 5.97 Å². The molecule has 0 aliphatic rings. The second-order valence-corrected chi connectivity index (χ2v) is 6.42. The molecule has 112 valence electrons. The molecule has 21 heavy (non-hydrogen) atoms. The fraction of sp³-hybridized carbons (Fsp3) is 0.333. The smallest absolute Gasteiger partial charge is 0.306 e. The first-order valence-corrected chi connectivity index (χ1v) is 7.90. The van der Waals surface area contributed by atoms with Crippen molar-refractivity contribution in [2.24, 2.45) is 0 Å². The standard InChI is InChI=1S/C15H16ClNO3S/c1-10(6-14(18)19-2)21-9-13-8-20-15(17-13)11-4-3-5-12(16)7-11/h3-5,7-8,10H,6,9H2,1-2H3. The minimum atomic E-state index is -0.199. The van der Waals surface area contributed by atoms with E-state index in [2.05, 4.69) is 9.72 Å². The highest BCUT2D eigenvalue weighted by Gasteiger charge is 2.12. The summed E-state index contributed by atoms with van der Waals surface area (Å²) in [7, 11) is 1.40. The fourth-order valence-corrected chi connectivity index (χ4v) is 2.76. The molecule has 1 unspecified atom stereocenters. The summed E-state index contributed by atoms with van der Waals surface area (Å²) in [6.45, 7) is 1.99. The molecule has 0 N–H and O–H groups in total. The summed E-state index contributed by atoms with van der Waals surface area (Å²) in [5.41, 5.74) is 1.69. The van der Waals surface area contributed by atoms with Crippen LogP contribution in [-0.2, 0) is 15.3 Å². The van der Waals surface area contributed by atoms with Crippen LogP contribution >= 0.6 is 23.4 Å². The molecule has 0 bridgehead atoms. The molecule has 1 atom stereocenters. The topological polar surface area (TPSA) is 52.3 Å². The van der Waals surface area contributed by atoms with E-state index in [9.17, 15) is 4.79 Å². The number of carbonyl (C=O) groups excluding carboxylic acids is 1. The predicted octanol–water partition coefficient (Wildman–Crippen LogP) is 4.18. The minimum absolute atomic E-state index is 0.170. The van der Waals surface area contributed by atoms with Gasteiger partial charge in [0.05, 0.1) is 19.2 Å². The zero-order valence-electron chi connectivity index (χ0n) is 11.8. The number of hydrogen-bond acceptors (Lipinski definition) is 5. The first kappa shape index (κ1) is 15.9. The van der Waals surface area contributed by atoms with Crippen LogP contribution in [0.2, 0.25) is 5.02 Å². The van der Waals surface area contributed by atoms with Crippen molar-refractivity contribution in [2.45, 2.75) is 24.3 Å². The van der Waals surface area contributed by atoms with Gasteiger partial charge in [-0.3, -0.25) is 4.79 Å². The van der Waals surface area contributed by atoms with Crippen LogP contribution in [0.25, 0.3) is 11.5 Å². The van der Waals surface area contributed by atoms with Crippen LogP contribution in [0, 0.1) is 0 Å². The number of thioether (sulfide) groups is 1. The Morgan fingerprint density at radius 3 is 3.05 bits per heavy atom. The molecule has 1 heterocycles. The van der Waals surface area contributed by atoms with Gasteiger partial charge < -0.3 is 9.15 Å². The van der Waals surface area contributed by atoms with Gasteiger partial charge in [0.15, 0.2) is 0 Å². The third-order valence-electron chi connectivity index (χ3n) is 2.82. The number of oxazole rings is 1. The first-order valence-electron chi connectivity index (χ1n) is 6.47. The van der Waals surface area contributed by atoms with Crippen LogP contribution in [0.5, 0.6) is 0 Å². The number of aromatic nitrogens is 1. The molecule has 0 fully saturated rings. The van der Waals surface area contributed by atoms with Gasteiger partial charge in [0.1, 0.15) is 6.26 Å². The summed E-state index contributed by atoms with van der Waals surface area (Å²) >= 11 is 7.58. The zero-order valence-corrected chi connectivity index (χ0v) is 13.4. The molecule has 0 saturated heterocycles. The number of ether oxygens (including phenoxy) is 1. The lowest BCUT2D eigenvalue weighted by atomic mass is 10.2. The van der Waals surface area contributed by atoms with Crippen molar-refractivity contribution >= 4 is 29.3 Å². The van der Waals surface area contributed by atoms with Crippen LogP contribution in [0.4, 0.5) is 0 Å². The molecule has 0 aliphatic carbocycles. The van der Waals surface area contributed by atoms with Crippen LogP contribution < -0.4 is 0 Å². The number of halogens is 1. The number of hydrogen-bond donors (Lipinski definition) is 0. The normalized spacial score (nSPS) is 12.1. The molecule has 0 aliphatic heterocycles. The van der Waals surface area contributed by atoms with Crippen molar-refractivity contribution in [2.75, 3.05) is 7.11 Å². The number of carbonyl (C=O) groups is 1. The van der Waals surface area contributed by atoms with Crippen LogP contribution in [-0.4, -0.2) is 23.3 Å². The maximum absolute atomic E-state index is 11.2. The second kappa shape index (κ2) is 7.52. The quantitative estimate of drug-likeness (QED) is 0.746. The van der Waals surface area contributed by atoms with Crippen LogP contribution in [0.1, 0.15) is 19.0 Å². The minimum Gasteiger partial charge on any atom is -0.469 e. The lowest BCUT2D eigenvalue weighted by molar-refractivity contribution is -0.140. The molecule has 2 rings (SSSR count). The maximum atomic E-state index is 11.2. The Labute approximate surface area is 132 Å². The lowest BCUT2D eigenvalue weighted by Crippen LogP contribution is -2.08. The van der Waals surface area contributed by atoms with Gasteiger partial charge in [0.25, 0.3) is 0 Å². The monoisotopic (exact) mass is 325 g/mol. The fourth-order valence-electron chi connectivity index (χ4n) is 1.73. The van der Waals surface area contributed by atoms with Gasteiger partial charge in [-0.1, -0.05) is 24.6 Å². The highest BCUT2D eigenvalue weighted by molar-refractivity contribution is 7.99. The van der Waals surface area contributed by atoms with Gasteiger partial charge in [-0.25, -0.2) is 4.98 Å². The summed E-state index contributed by atoms with van der Waals surface area (Å²) in [4.78, 5) is 15.6. The van der Waals surface area contributed by atoms with Crippen LogP contribution in [0.15, 0.2) is 34.9 Å². The predicted molar refractivity (Wildman–Crippen MR) is 84.3 cm³/mol. The van der Waals surface area contributed by atoms with E-state index >= 15 is 0 Å². The van der Waals surface area contributed by atoms with Gasteiger partial charge in [-0.15, -0.1) is 0 Å². The van der Waals surface area contributed by atoms with Crippen molar-refractivity contribution in [1.82, 2.24) is 4.98 Å². The van der Waals surface area contributed by atoms with Gasteiger partial charge in [-0.05, 0) is 18.2 Å². The Morgan fingerprint density at radius 1 is 1.52 bits per heavy atom. The van der Waals surface area contributed by atoms with Crippen molar-refractivity contribution in [3.05, 3.63) is 41.2 Å². The molecule has 0 spiro atoms. The van der Waals surface area contributed by atoms with E-state index in [4.69, 9.17) is 16.0 Å². The van der Waals surface area contributed by atoms with Crippen molar-refractivity contribution in [3.63, 3.8) is 0 Å². The maximum Gasteiger partial charge on any atom is 0.306 e. The highest BCUT2D eigenvalue weighted by atomic mass is 35.5. The summed E-state index contributed by atoms with van der Waals surface area (Å²) in [6.07, 6.45) is 2.02. The van der Waals surface area contributed by atoms with E-state index in [1.165, 1.54) is 7.11 Å². The number of esters is 1. The molecule has 1 aromatic carbocycles. The third kappa shape index (κ3) is 4.79. The molecule has 0 amide bonds. The number of rotatable bonds is 6. The average molecular weight is 326 g/mol. The van der Waals surface area contributed by atoms with Gasteiger partial charge in [0.2, 0.25) is 5.89 Å². The molecule has 6 heteroatoms. The van der Waals surface area contributed by atoms with E-state index in [0.717, 1.165) is 11.3 Å². The molecule has 0 radical (unpaired) electrons. The molecule has 1 aromatic heterocycles. The van der Waals surface area contributed by atoms with Gasteiger partial charge in [0, 0.05) is 21.6 Å². The van der Waals surface area contributed by atoms with E-state index in [0.29, 0.717) is 23.1 Å². The average Bonchev–Trinajstić information content (AvgIpc) is 2.94. The van der Waals surface area contributed by atoms with Crippen molar-refractivity contribution in [3.8, 4) is 11.5 Å². The Hall–Kier alpha value is -1.46. The summed E-state index contributed by atoms with van der Waals surface area (Å²) < 4.78 is 10.1. The van der Waals surface area contributed by atoms with Crippen molar-refractivity contribution < 1.29 is 13.9 Å². The van der Waals surface area contributed by atoms with Crippen molar-refractivity contribution in [1.29, 1.82) is 0 Å². The van der Waals surface area contributed by atoms with E-state index < -0.39 is 0 Å². The number of benzene rings is 1. The van der Waals surface area contributed by atoms with E-state index in [1.807, 2.05) is 25.1 Å². The largest absolute Gasteiger partial charge is 0.469 e. The Balaban J connectivity index is 1.93. The molecular formula is C15H16ClNO3S. The molecule has 0 saturated carbocycles. The number of nitrogens with zero attached hydrogens (tertiary/aromatic N) is 1. The molecule has 2 aromatic rings. The Morgan fingerprint density at radius 2 is 2.33 bits per heavy atom. The SMILES string of the molecule is COC(=O)CC(C)SCc1coc(-c2cccc(Cl)c2)n1. The van der Waals surface area contributed by atoms with E-state index in [1.54, 1.807) is 24.1 Å². The molecular weight excluding hydrogens is 310 g/mol. The molecule has 4 nitrogen and oxygen atoms in total. The zero-order chi connectivity index (χ0) is 15.2. The summed E-state index contributed by atoms with van der Waals surface area (Å²) in [5.74, 6) is 1.03. The Bertz CT molecular complexity index is 614. The Kier molecular flexibility index (Phi) is 5.70. The first-order chi connectivity index (χ1) is 10.1. The van der Waals surface area contributed by atoms with Crippen LogP contribution in [0.3, 0.4) is 0 Å². The number of methoxy groups -OCH3 is 1. The second-order valence-electron chi connectivity index (χ2n) is 4.56. The van der Waals surface area contributed by atoms with Gasteiger partial charge in [-0.2, -0.15) is 11.8 Å². The summed E-state index contributed by atoms with van der Waals surface area (Å²) in [5, 5.41) is 0.817. The highest BCUT2D eigenvalue weighted by Crippen LogP contribution is 2.25. The third-order valence-corrected chi connectivity index (χ3v) is 4.25.